The molecule has 2 fully saturated rings. The van der Waals surface area contributed by atoms with Crippen molar-refractivity contribution >= 4 is 29.3 Å². The summed E-state index contributed by atoms with van der Waals surface area (Å²) in [4.78, 5) is 14.3. The Morgan fingerprint density at radius 1 is 1.44 bits per heavy atom. The molecule has 2 aliphatic heterocycles. The van der Waals surface area contributed by atoms with Crippen molar-refractivity contribution in [1.82, 2.24) is 4.90 Å². The molecule has 2 unspecified atom stereocenters. The fourth-order valence-corrected chi connectivity index (χ4v) is 4.09. The van der Waals surface area contributed by atoms with Gasteiger partial charge in [-0.05, 0) is 18.6 Å². The van der Waals surface area contributed by atoms with E-state index in [0.717, 1.165) is 18.7 Å². The highest BCUT2D eigenvalue weighted by atomic mass is 35.5. The zero-order chi connectivity index (χ0) is 11.1. The minimum atomic E-state index is 0.0957. The Kier molecular flexibility index (Phi) is 2.60. The third-order valence-electron chi connectivity index (χ3n) is 3.27. The van der Waals surface area contributed by atoms with E-state index in [1.54, 1.807) is 6.07 Å². The standard InChI is InChI=1S/C12H12ClNOS/c13-11-4-2-1-3-10(11)12(15)14-6-9-5-8(14)7-16-9/h1-4,8-9H,5-7H2. The lowest BCUT2D eigenvalue weighted by Gasteiger charge is -2.27. The van der Waals surface area contributed by atoms with Gasteiger partial charge < -0.3 is 4.90 Å². The molecule has 3 rings (SSSR count). The van der Waals surface area contributed by atoms with Gasteiger partial charge >= 0.3 is 0 Å². The SMILES string of the molecule is O=C(c1ccccc1Cl)N1CC2CC1CS2. The van der Waals surface area contributed by atoms with Crippen LogP contribution in [-0.4, -0.2) is 34.4 Å². The Labute approximate surface area is 104 Å². The third kappa shape index (κ3) is 1.62. The summed E-state index contributed by atoms with van der Waals surface area (Å²) in [5, 5.41) is 1.21. The van der Waals surface area contributed by atoms with Gasteiger partial charge in [-0.15, -0.1) is 0 Å². The quantitative estimate of drug-likeness (QED) is 0.767. The lowest BCUT2D eigenvalue weighted by atomic mass is 10.2. The Hall–Kier alpha value is -0.670. The average Bonchev–Trinajstić information content (AvgIpc) is 2.90. The first-order valence-corrected chi connectivity index (χ1v) is 6.85. The van der Waals surface area contributed by atoms with Crippen LogP contribution in [0.4, 0.5) is 0 Å². The smallest absolute Gasteiger partial charge is 0.255 e. The molecule has 2 bridgehead atoms. The molecule has 0 aromatic heterocycles. The van der Waals surface area contributed by atoms with E-state index in [-0.39, 0.29) is 5.91 Å². The number of likely N-dealkylation sites (tertiary alicyclic amines) is 1. The second kappa shape index (κ2) is 3.97. The maximum atomic E-state index is 12.3. The topological polar surface area (TPSA) is 20.3 Å². The third-order valence-corrected chi connectivity index (χ3v) is 4.99. The van der Waals surface area contributed by atoms with E-state index in [2.05, 4.69) is 0 Å². The minimum absolute atomic E-state index is 0.0957. The highest BCUT2D eigenvalue weighted by Gasteiger charge is 2.41. The van der Waals surface area contributed by atoms with Gasteiger partial charge in [0.05, 0.1) is 10.6 Å². The first-order chi connectivity index (χ1) is 7.75. The van der Waals surface area contributed by atoms with E-state index in [0.29, 0.717) is 21.9 Å². The number of hydrogen-bond donors (Lipinski definition) is 0. The maximum absolute atomic E-state index is 12.3. The number of rotatable bonds is 1. The van der Waals surface area contributed by atoms with E-state index in [9.17, 15) is 4.79 Å². The van der Waals surface area contributed by atoms with Crippen LogP contribution >= 0.6 is 23.4 Å². The van der Waals surface area contributed by atoms with E-state index in [4.69, 9.17) is 11.6 Å². The van der Waals surface area contributed by atoms with Crippen LogP contribution in [0, 0.1) is 0 Å². The highest BCUT2D eigenvalue weighted by Crippen LogP contribution is 2.38. The van der Waals surface area contributed by atoms with Crippen molar-refractivity contribution < 1.29 is 4.79 Å². The van der Waals surface area contributed by atoms with E-state index < -0.39 is 0 Å². The molecule has 2 aliphatic rings. The number of nitrogens with zero attached hydrogens (tertiary/aromatic N) is 1. The molecule has 0 N–H and O–H groups in total. The monoisotopic (exact) mass is 253 g/mol. The molecular formula is C12H12ClNOS. The molecule has 0 radical (unpaired) electrons. The Morgan fingerprint density at radius 2 is 2.25 bits per heavy atom. The van der Waals surface area contributed by atoms with Crippen LogP contribution in [0.3, 0.4) is 0 Å². The van der Waals surface area contributed by atoms with Crippen LogP contribution in [0.5, 0.6) is 0 Å². The van der Waals surface area contributed by atoms with Crippen molar-refractivity contribution in [3.8, 4) is 0 Å². The largest absolute Gasteiger partial charge is 0.334 e. The number of hydrogen-bond acceptors (Lipinski definition) is 2. The summed E-state index contributed by atoms with van der Waals surface area (Å²) in [6.07, 6.45) is 1.15. The van der Waals surface area contributed by atoms with Gasteiger partial charge in [0.25, 0.3) is 5.91 Å². The normalized spacial score (nSPS) is 27.4. The predicted octanol–water partition coefficient (Wildman–Crippen LogP) is 2.67. The zero-order valence-corrected chi connectivity index (χ0v) is 10.3. The van der Waals surface area contributed by atoms with Crippen molar-refractivity contribution in [2.45, 2.75) is 17.7 Å². The number of carbonyl (C=O) groups excluding carboxylic acids is 1. The summed E-state index contributed by atoms with van der Waals surface area (Å²) in [6.45, 7) is 0.888. The molecular weight excluding hydrogens is 242 g/mol. The molecule has 1 aromatic rings. The van der Waals surface area contributed by atoms with Crippen LogP contribution in [0.15, 0.2) is 24.3 Å². The van der Waals surface area contributed by atoms with E-state index >= 15 is 0 Å². The van der Waals surface area contributed by atoms with Gasteiger partial charge in [-0.3, -0.25) is 4.79 Å². The fourth-order valence-electron chi connectivity index (χ4n) is 2.44. The van der Waals surface area contributed by atoms with Crippen molar-refractivity contribution in [2.75, 3.05) is 12.3 Å². The van der Waals surface area contributed by atoms with Crippen LogP contribution in [0.1, 0.15) is 16.8 Å². The van der Waals surface area contributed by atoms with Crippen molar-refractivity contribution in [1.29, 1.82) is 0 Å². The summed E-state index contributed by atoms with van der Waals surface area (Å²) in [7, 11) is 0. The molecule has 2 heterocycles. The van der Waals surface area contributed by atoms with Gasteiger partial charge in [0, 0.05) is 23.6 Å². The number of amides is 1. The van der Waals surface area contributed by atoms with Crippen molar-refractivity contribution in [2.24, 2.45) is 0 Å². The molecule has 0 spiro atoms. The van der Waals surface area contributed by atoms with Crippen LogP contribution in [0.25, 0.3) is 0 Å². The van der Waals surface area contributed by atoms with Gasteiger partial charge in [0.2, 0.25) is 0 Å². The highest BCUT2D eigenvalue weighted by molar-refractivity contribution is 8.00. The van der Waals surface area contributed by atoms with Crippen LogP contribution < -0.4 is 0 Å². The summed E-state index contributed by atoms with van der Waals surface area (Å²) in [5.41, 5.74) is 0.640. The second-order valence-corrected chi connectivity index (χ2v) is 6.02. The molecule has 4 heteroatoms. The second-order valence-electron chi connectivity index (χ2n) is 4.28. The Bertz CT molecular complexity index is 437. The Morgan fingerprint density at radius 3 is 2.88 bits per heavy atom. The number of benzene rings is 1. The van der Waals surface area contributed by atoms with E-state index in [1.807, 2.05) is 34.9 Å². The van der Waals surface area contributed by atoms with Crippen LogP contribution in [0.2, 0.25) is 5.02 Å². The first-order valence-electron chi connectivity index (χ1n) is 5.43. The number of thioether (sulfide) groups is 1. The molecule has 1 amide bonds. The molecule has 16 heavy (non-hydrogen) atoms. The van der Waals surface area contributed by atoms with Crippen molar-refractivity contribution in [3.05, 3.63) is 34.9 Å². The van der Waals surface area contributed by atoms with Gasteiger partial charge in [0.15, 0.2) is 0 Å². The molecule has 0 aliphatic carbocycles. The van der Waals surface area contributed by atoms with Gasteiger partial charge in [-0.25, -0.2) is 0 Å². The summed E-state index contributed by atoms with van der Waals surface area (Å²) < 4.78 is 0. The predicted molar refractivity (Wildman–Crippen MR) is 67.1 cm³/mol. The lowest BCUT2D eigenvalue weighted by molar-refractivity contribution is 0.0748. The minimum Gasteiger partial charge on any atom is -0.334 e. The number of carbonyl (C=O) groups is 1. The average molecular weight is 254 g/mol. The molecule has 0 saturated carbocycles. The number of fused-ring (bicyclic) bond motifs is 2. The fraction of sp³-hybridized carbons (Fsp3) is 0.417. The Balaban J connectivity index is 1.86. The van der Waals surface area contributed by atoms with Crippen molar-refractivity contribution in [3.63, 3.8) is 0 Å². The zero-order valence-electron chi connectivity index (χ0n) is 8.73. The number of halogens is 1. The summed E-state index contributed by atoms with van der Waals surface area (Å²) in [6, 6.07) is 7.73. The first kappa shape index (κ1) is 10.5. The lowest BCUT2D eigenvalue weighted by Crippen LogP contribution is -2.39. The van der Waals surface area contributed by atoms with E-state index in [1.165, 1.54) is 0 Å². The molecule has 2 nitrogen and oxygen atoms in total. The molecule has 84 valence electrons. The maximum Gasteiger partial charge on any atom is 0.255 e. The molecule has 2 atom stereocenters. The van der Waals surface area contributed by atoms with Gasteiger partial charge in [-0.1, -0.05) is 23.7 Å². The molecule has 2 saturated heterocycles. The van der Waals surface area contributed by atoms with Gasteiger partial charge in [-0.2, -0.15) is 11.8 Å². The summed E-state index contributed by atoms with van der Waals surface area (Å²) in [5.74, 6) is 1.18. The van der Waals surface area contributed by atoms with Crippen LogP contribution in [-0.2, 0) is 0 Å². The van der Waals surface area contributed by atoms with Gasteiger partial charge in [0.1, 0.15) is 0 Å². The summed E-state index contributed by atoms with van der Waals surface area (Å²) >= 11 is 8.03. The molecule has 1 aromatic carbocycles.